The van der Waals surface area contributed by atoms with E-state index in [-0.39, 0.29) is 6.04 Å². The summed E-state index contributed by atoms with van der Waals surface area (Å²) in [4.78, 5) is 2.64. The van der Waals surface area contributed by atoms with Crippen LogP contribution in [-0.2, 0) is 0 Å². The van der Waals surface area contributed by atoms with Crippen LogP contribution in [0.1, 0.15) is 43.6 Å². The minimum absolute atomic E-state index is 0.0803. The van der Waals surface area contributed by atoms with Crippen molar-refractivity contribution in [2.75, 3.05) is 0 Å². The van der Waals surface area contributed by atoms with Crippen LogP contribution < -0.4 is 11.3 Å². The number of hydrogen-bond donors (Lipinski definition) is 2. The Hall–Kier alpha value is -1.16. The summed E-state index contributed by atoms with van der Waals surface area (Å²) in [5, 5.41) is 0. The highest BCUT2D eigenvalue weighted by Crippen LogP contribution is 2.32. The smallest absolute Gasteiger partial charge is 0.0805 e. The summed E-state index contributed by atoms with van der Waals surface area (Å²) in [6, 6.07) is 6.80. The fourth-order valence-electron chi connectivity index (χ4n) is 2.36. The molecule has 3 N–H and O–H groups in total. The molecule has 0 aliphatic heterocycles. The lowest BCUT2D eigenvalue weighted by Gasteiger charge is -2.19. The van der Waals surface area contributed by atoms with Crippen molar-refractivity contribution in [1.29, 1.82) is 0 Å². The van der Waals surface area contributed by atoms with Crippen LogP contribution in [0.3, 0.4) is 0 Å². The molecule has 1 aromatic heterocycles. The van der Waals surface area contributed by atoms with Gasteiger partial charge in [0.05, 0.1) is 6.04 Å². The second-order valence-corrected chi connectivity index (χ2v) is 6.57. The van der Waals surface area contributed by atoms with Gasteiger partial charge >= 0.3 is 0 Å². The molecule has 1 aromatic carbocycles. The third-order valence-electron chi connectivity index (χ3n) is 3.83. The number of rotatable bonds is 3. The second kappa shape index (κ2) is 5.45. The van der Waals surface area contributed by atoms with Crippen LogP contribution in [0.5, 0.6) is 0 Å². The van der Waals surface area contributed by atoms with Gasteiger partial charge in [0, 0.05) is 9.75 Å². The molecule has 0 bridgehead atoms. The molecular weight excluding hydrogens is 252 g/mol. The van der Waals surface area contributed by atoms with E-state index < -0.39 is 0 Å². The fourth-order valence-corrected chi connectivity index (χ4v) is 3.49. The third kappa shape index (κ3) is 2.73. The summed E-state index contributed by atoms with van der Waals surface area (Å²) in [5.41, 5.74) is 9.51. The molecular formula is C16H22N2S. The maximum atomic E-state index is 5.81. The van der Waals surface area contributed by atoms with Crippen LogP contribution in [0, 0.1) is 34.6 Å². The Balaban J connectivity index is 2.50. The van der Waals surface area contributed by atoms with E-state index in [0.717, 1.165) is 0 Å². The lowest BCUT2D eigenvalue weighted by Crippen LogP contribution is -2.28. The molecule has 102 valence electrons. The molecule has 0 saturated heterocycles. The second-order valence-electron chi connectivity index (χ2n) is 5.28. The van der Waals surface area contributed by atoms with Crippen LogP contribution >= 0.6 is 11.3 Å². The standard InChI is InChI=1S/C16H22N2S/c1-9-6-12(4)14(7-10(9)2)16(18-17)15-8-11(3)13(5)19-15/h6-8,16,18H,17H2,1-5H3. The first kappa shape index (κ1) is 14.3. The molecule has 0 radical (unpaired) electrons. The molecule has 2 aromatic rings. The van der Waals surface area contributed by atoms with Crippen LogP contribution in [0.4, 0.5) is 0 Å². The van der Waals surface area contributed by atoms with E-state index >= 15 is 0 Å². The monoisotopic (exact) mass is 274 g/mol. The topological polar surface area (TPSA) is 38.0 Å². The molecule has 0 saturated carbocycles. The van der Waals surface area contributed by atoms with E-state index in [9.17, 15) is 0 Å². The van der Waals surface area contributed by atoms with Gasteiger partial charge in [0.2, 0.25) is 0 Å². The van der Waals surface area contributed by atoms with E-state index in [2.05, 4.69) is 58.2 Å². The molecule has 1 unspecified atom stereocenters. The number of hydrazine groups is 1. The van der Waals surface area contributed by atoms with Gasteiger partial charge in [-0.05, 0) is 68.5 Å². The van der Waals surface area contributed by atoms with Crippen LogP contribution in [-0.4, -0.2) is 0 Å². The van der Waals surface area contributed by atoms with Crippen molar-refractivity contribution in [1.82, 2.24) is 5.43 Å². The molecule has 1 atom stereocenters. The van der Waals surface area contributed by atoms with Gasteiger partial charge < -0.3 is 0 Å². The molecule has 0 aliphatic rings. The SMILES string of the molecule is Cc1cc(C)c(C(NN)c2cc(C)c(C)s2)cc1C. The highest BCUT2D eigenvalue weighted by molar-refractivity contribution is 7.12. The van der Waals surface area contributed by atoms with Crippen molar-refractivity contribution in [3.63, 3.8) is 0 Å². The van der Waals surface area contributed by atoms with Gasteiger partial charge in [-0.15, -0.1) is 11.3 Å². The number of thiophene rings is 1. The Morgan fingerprint density at radius 1 is 0.895 bits per heavy atom. The molecule has 3 heteroatoms. The Bertz CT molecular complexity index is 580. The zero-order valence-corrected chi connectivity index (χ0v) is 13.1. The van der Waals surface area contributed by atoms with Crippen molar-refractivity contribution in [2.24, 2.45) is 5.84 Å². The van der Waals surface area contributed by atoms with Crippen molar-refractivity contribution in [3.8, 4) is 0 Å². The van der Waals surface area contributed by atoms with E-state index in [4.69, 9.17) is 5.84 Å². The van der Waals surface area contributed by atoms with Gasteiger partial charge in [0.15, 0.2) is 0 Å². The first-order valence-electron chi connectivity index (χ1n) is 6.54. The summed E-state index contributed by atoms with van der Waals surface area (Å²) >= 11 is 1.82. The van der Waals surface area contributed by atoms with E-state index in [0.29, 0.717) is 0 Å². The van der Waals surface area contributed by atoms with Crippen molar-refractivity contribution >= 4 is 11.3 Å². The summed E-state index contributed by atoms with van der Waals surface area (Å²) in [6.07, 6.45) is 0. The number of nitrogens with one attached hydrogen (secondary N) is 1. The average molecular weight is 274 g/mol. The van der Waals surface area contributed by atoms with Crippen LogP contribution in [0.2, 0.25) is 0 Å². The van der Waals surface area contributed by atoms with Crippen molar-refractivity contribution < 1.29 is 0 Å². The van der Waals surface area contributed by atoms with E-state index in [1.54, 1.807) is 0 Å². The minimum atomic E-state index is 0.0803. The Labute approximate surface area is 119 Å². The van der Waals surface area contributed by atoms with Gasteiger partial charge in [-0.3, -0.25) is 5.84 Å². The molecule has 0 spiro atoms. The summed E-state index contributed by atoms with van der Waals surface area (Å²) in [7, 11) is 0. The van der Waals surface area contributed by atoms with Gasteiger partial charge in [-0.1, -0.05) is 12.1 Å². The van der Waals surface area contributed by atoms with Crippen LogP contribution in [0.25, 0.3) is 0 Å². The van der Waals surface area contributed by atoms with Gasteiger partial charge in [-0.25, -0.2) is 5.43 Å². The molecule has 2 nitrogen and oxygen atoms in total. The molecule has 19 heavy (non-hydrogen) atoms. The van der Waals surface area contributed by atoms with Crippen LogP contribution in [0.15, 0.2) is 18.2 Å². The number of benzene rings is 1. The van der Waals surface area contributed by atoms with Gasteiger partial charge in [0.1, 0.15) is 0 Å². The maximum Gasteiger partial charge on any atom is 0.0805 e. The summed E-state index contributed by atoms with van der Waals surface area (Å²) in [5.74, 6) is 5.81. The van der Waals surface area contributed by atoms with Gasteiger partial charge in [0.25, 0.3) is 0 Å². The van der Waals surface area contributed by atoms with Crippen molar-refractivity contribution in [3.05, 3.63) is 55.8 Å². The maximum absolute atomic E-state index is 5.81. The number of hydrogen-bond acceptors (Lipinski definition) is 3. The molecule has 0 aliphatic carbocycles. The molecule has 0 fully saturated rings. The Morgan fingerprint density at radius 3 is 2.05 bits per heavy atom. The highest BCUT2D eigenvalue weighted by Gasteiger charge is 2.18. The molecule has 0 amide bonds. The Morgan fingerprint density at radius 2 is 1.53 bits per heavy atom. The average Bonchev–Trinajstić information content (AvgIpc) is 2.67. The number of aryl methyl sites for hydroxylation is 5. The first-order valence-corrected chi connectivity index (χ1v) is 7.36. The fraction of sp³-hybridized carbons (Fsp3) is 0.375. The predicted octanol–water partition coefficient (Wildman–Crippen LogP) is 3.84. The Kier molecular flexibility index (Phi) is 4.09. The predicted molar refractivity (Wildman–Crippen MR) is 83.6 cm³/mol. The summed E-state index contributed by atoms with van der Waals surface area (Å²) in [6.45, 7) is 10.8. The molecule has 1 heterocycles. The van der Waals surface area contributed by atoms with E-state index in [1.807, 2.05) is 11.3 Å². The normalized spacial score (nSPS) is 12.7. The zero-order valence-electron chi connectivity index (χ0n) is 12.3. The quantitative estimate of drug-likeness (QED) is 0.659. The third-order valence-corrected chi connectivity index (χ3v) is 5.05. The van der Waals surface area contributed by atoms with E-state index in [1.165, 1.54) is 37.6 Å². The first-order chi connectivity index (χ1) is 8.93. The molecule has 2 rings (SSSR count). The summed E-state index contributed by atoms with van der Waals surface area (Å²) < 4.78 is 0. The minimum Gasteiger partial charge on any atom is -0.271 e. The lowest BCUT2D eigenvalue weighted by molar-refractivity contribution is 0.642. The highest BCUT2D eigenvalue weighted by atomic mass is 32.1. The lowest BCUT2D eigenvalue weighted by atomic mass is 9.95. The van der Waals surface area contributed by atoms with Crippen molar-refractivity contribution in [2.45, 2.75) is 40.7 Å². The largest absolute Gasteiger partial charge is 0.271 e. The zero-order chi connectivity index (χ0) is 14.2. The number of nitrogens with two attached hydrogens (primary N) is 1. The van der Waals surface area contributed by atoms with Gasteiger partial charge in [-0.2, -0.15) is 0 Å².